The van der Waals surface area contributed by atoms with Crippen molar-refractivity contribution in [3.63, 3.8) is 0 Å². The topological polar surface area (TPSA) is 49.0 Å². The molecule has 26 heavy (non-hydrogen) atoms. The summed E-state index contributed by atoms with van der Waals surface area (Å²) < 4.78 is 24.5. The van der Waals surface area contributed by atoms with Crippen molar-refractivity contribution in [2.75, 3.05) is 33.5 Å². The van der Waals surface area contributed by atoms with Gasteiger partial charge in [-0.15, -0.1) is 0 Å². The third-order valence-corrected chi connectivity index (χ3v) is 7.32. The zero-order chi connectivity index (χ0) is 19.7. The second kappa shape index (κ2) is 17.1. The number of nitrogens with one attached hydrogen (secondary N) is 1. The molecule has 0 aromatic heterocycles. The van der Waals surface area contributed by atoms with Gasteiger partial charge in [0.25, 0.3) is 0 Å². The molecule has 0 saturated heterocycles. The summed E-state index contributed by atoms with van der Waals surface area (Å²) in [6.07, 6.45) is 7.34. The van der Waals surface area contributed by atoms with E-state index in [0.717, 1.165) is 77.4 Å². The van der Waals surface area contributed by atoms with Gasteiger partial charge in [-0.05, 0) is 38.1 Å². The fourth-order valence-electron chi connectivity index (χ4n) is 2.68. The predicted molar refractivity (Wildman–Crippen MR) is 111 cm³/mol. The van der Waals surface area contributed by atoms with Crippen molar-refractivity contribution in [1.82, 2.24) is 5.32 Å². The van der Waals surface area contributed by atoms with Crippen LogP contribution in [0.5, 0.6) is 0 Å². The average Bonchev–Trinajstić information content (AvgIpc) is 2.59. The highest BCUT2D eigenvalue weighted by Crippen LogP contribution is 2.24. The molecule has 6 heteroatoms. The lowest BCUT2D eigenvalue weighted by molar-refractivity contribution is 0.00713. The smallest absolute Gasteiger partial charge is 0.385 e. The van der Waals surface area contributed by atoms with Crippen LogP contribution in [0.4, 0.5) is 0 Å². The number of hydrogen-bond donors (Lipinski definition) is 1. The lowest BCUT2D eigenvalue weighted by Gasteiger charge is -2.35. The normalized spacial score (nSPS) is 13.5. The molecule has 0 rings (SSSR count). The Labute approximate surface area is 163 Å². The monoisotopic (exact) mass is 391 g/mol. The SMILES string of the molecule is CCCCO[Si](CC(C)C)(OCCCC)OC(CCC)NCCCOC. The van der Waals surface area contributed by atoms with Crippen LogP contribution in [0.2, 0.25) is 6.04 Å². The van der Waals surface area contributed by atoms with E-state index in [1.807, 2.05) is 0 Å². The Balaban J connectivity index is 5.03. The van der Waals surface area contributed by atoms with Crippen LogP contribution in [0.25, 0.3) is 0 Å². The fourth-order valence-corrected chi connectivity index (χ4v) is 5.78. The summed E-state index contributed by atoms with van der Waals surface area (Å²) in [5, 5.41) is 3.54. The second-order valence-corrected chi connectivity index (χ2v) is 9.97. The third kappa shape index (κ3) is 13.2. The molecule has 158 valence electrons. The van der Waals surface area contributed by atoms with E-state index in [0.29, 0.717) is 5.92 Å². The molecular formula is C20H45NO4Si. The van der Waals surface area contributed by atoms with Crippen LogP contribution >= 0.6 is 0 Å². The lowest BCUT2D eigenvalue weighted by Crippen LogP contribution is -2.53. The van der Waals surface area contributed by atoms with Crippen LogP contribution < -0.4 is 5.32 Å². The fraction of sp³-hybridized carbons (Fsp3) is 1.00. The summed E-state index contributed by atoms with van der Waals surface area (Å²) in [6, 6.07) is 0.875. The number of hydrogen-bond acceptors (Lipinski definition) is 5. The maximum Gasteiger partial charge on any atom is 0.502 e. The van der Waals surface area contributed by atoms with E-state index in [9.17, 15) is 0 Å². The summed E-state index contributed by atoms with van der Waals surface area (Å²) in [5.41, 5.74) is 0. The Morgan fingerprint density at radius 2 is 1.46 bits per heavy atom. The van der Waals surface area contributed by atoms with Gasteiger partial charge in [-0.1, -0.05) is 53.9 Å². The summed E-state index contributed by atoms with van der Waals surface area (Å²) in [5.74, 6) is 0.487. The van der Waals surface area contributed by atoms with Crippen molar-refractivity contribution in [2.45, 2.75) is 91.8 Å². The second-order valence-electron chi connectivity index (χ2n) is 7.38. The largest absolute Gasteiger partial charge is 0.502 e. The Morgan fingerprint density at radius 1 is 0.846 bits per heavy atom. The molecule has 1 atom stereocenters. The summed E-state index contributed by atoms with van der Waals surface area (Å²) in [4.78, 5) is 0. The minimum absolute atomic E-state index is 0.00877. The zero-order valence-corrected chi connectivity index (χ0v) is 19.3. The van der Waals surface area contributed by atoms with Crippen LogP contribution in [0.15, 0.2) is 0 Å². The maximum atomic E-state index is 6.61. The molecule has 0 aliphatic rings. The molecule has 0 spiro atoms. The van der Waals surface area contributed by atoms with E-state index in [-0.39, 0.29) is 6.23 Å². The number of methoxy groups -OCH3 is 1. The first-order chi connectivity index (χ1) is 12.5. The quantitative estimate of drug-likeness (QED) is 0.191. The van der Waals surface area contributed by atoms with Crippen LogP contribution in [0.3, 0.4) is 0 Å². The first-order valence-electron chi connectivity index (χ1n) is 10.7. The summed E-state index contributed by atoms with van der Waals surface area (Å²) in [7, 11) is -0.956. The van der Waals surface area contributed by atoms with E-state index in [4.69, 9.17) is 18.0 Å². The number of rotatable bonds is 19. The van der Waals surface area contributed by atoms with E-state index >= 15 is 0 Å². The van der Waals surface area contributed by atoms with Gasteiger partial charge in [0.2, 0.25) is 0 Å². The molecule has 5 nitrogen and oxygen atoms in total. The van der Waals surface area contributed by atoms with Gasteiger partial charge >= 0.3 is 8.80 Å². The summed E-state index contributed by atoms with van der Waals surface area (Å²) in [6.45, 7) is 14.1. The van der Waals surface area contributed by atoms with Crippen molar-refractivity contribution in [3.05, 3.63) is 0 Å². The highest BCUT2D eigenvalue weighted by atomic mass is 28.4. The van der Waals surface area contributed by atoms with Crippen LogP contribution in [0, 0.1) is 5.92 Å². The van der Waals surface area contributed by atoms with Crippen molar-refractivity contribution in [2.24, 2.45) is 5.92 Å². The Hall–Kier alpha value is 0.0169. The highest BCUT2D eigenvalue weighted by molar-refractivity contribution is 6.60. The van der Waals surface area contributed by atoms with E-state index < -0.39 is 8.80 Å². The number of unbranched alkanes of at least 4 members (excludes halogenated alkanes) is 2. The molecule has 0 bridgehead atoms. The molecule has 0 heterocycles. The van der Waals surface area contributed by atoms with Crippen molar-refractivity contribution < 1.29 is 18.0 Å². The Bertz CT molecular complexity index is 296. The zero-order valence-electron chi connectivity index (χ0n) is 18.3. The maximum absolute atomic E-state index is 6.61. The van der Waals surface area contributed by atoms with Gasteiger partial charge in [0.15, 0.2) is 0 Å². The molecule has 1 N–H and O–H groups in total. The van der Waals surface area contributed by atoms with Gasteiger partial charge in [0.05, 0.1) is 0 Å². The van der Waals surface area contributed by atoms with Gasteiger partial charge in [-0.3, -0.25) is 5.32 Å². The molecule has 0 amide bonds. The standard InChI is InChI=1S/C20H45NO4Si/c1-7-10-16-23-26(18-19(4)5,24-17-11-8-2)25-20(13-9-3)21-14-12-15-22-6/h19-21H,7-18H2,1-6H3. The van der Waals surface area contributed by atoms with E-state index in [1.165, 1.54) is 0 Å². The summed E-state index contributed by atoms with van der Waals surface area (Å²) >= 11 is 0. The number of ether oxygens (including phenoxy) is 1. The van der Waals surface area contributed by atoms with Crippen LogP contribution in [0.1, 0.15) is 79.6 Å². The van der Waals surface area contributed by atoms with Crippen molar-refractivity contribution in [1.29, 1.82) is 0 Å². The molecule has 0 fully saturated rings. The molecule has 0 aromatic rings. The Morgan fingerprint density at radius 3 is 1.92 bits per heavy atom. The van der Waals surface area contributed by atoms with Gasteiger partial charge in [0.1, 0.15) is 6.23 Å². The first kappa shape index (κ1) is 26.0. The van der Waals surface area contributed by atoms with Crippen molar-refractivity contribution in [3.8, 4) is 0 Å². The molecule has 0 aromatic carbocycles. The molecular weight excluding hydrogens is 346 g/mol. The highest BCUT2D eigenvalue weighted by Gasteiger charge is 2.43. The van der Waals surface area contributed by atoms with E-state index in [2.05, 4.69) is 39.9 Å². The third-order valence-electron chi connectivity index (χ3n) is 4.07. The van der Waals surface area contributed by atoms with Crippen molar-refractivity contribution >= 4 is 8.80 Å². The molecule has 0 saturated carbocycles. The molecule has 0 aliphatic heterocycles. The predicted octanol–water partition coefficient (Wildman–Crippen LogP) is 4.98. The average molecular weight is 392 g/mol. The van der Waals surface area contributed by atoms with Gasteiger partial charge < -0.3 is 18.0 Å². The van der Waals surface area contributed by atoms with Crippen LogP contribution in [-0.4, -0.2) is 48.5 Å². The minimum Gasteiger partial charge on any atom is -0.385 e. The van der Waals surface area contributed by atoms with Gasteiger partial charge in [-0.25, -0.2) is 0 Å². The van der Waals surface area contributed by atoms with Crippen LogP contribution in [-0.2, 0) is 18.0 Å². The minimum atomic E-state index is -2.70. The van der Waals surface area contributed by atoms with E-state index in [1.54, 1.807) is 7.11 Å². The van der Waals surface area contributed by atoms with Gasteiger partial charge in [-0.2, -0.15) is 0 Å². The van der Waals surface area contributed by atoms with Gasteiger partial charge in [0, 0.05) is 33.0 Å². The molecule has 1 unspecified atom stereocenters. The molecule has 0 aliphatic carbocycles. The first-order valence-corrected chi connectivity index (χ1v) is 12.6. The Kier molecular flexibility index (Phi) is 17.1. The molecule has 0 radical (unpaired) electrons. The lowest BCUT2D eigenvalue weighted by atomic mass is 10.3.